The number of rotatable bonds is 12. The highest BCUT2D eigenvalue weighted by atomic mass is 16.6. The Morgan fingerprint density at radius 3 is 2.47 bits per heavy atom. The van der Waals surface area contributed by atoms with Crippen molar-refractivity contribution in [3.8, 4) is 11.5 Å². The van der Waals surface area contributed by atoms with Crippen LogP contribution in [0.5, 0.6) is 11.5 Å². The van der Waals surface area contributed by atoms with Crippen LogP contribution >= 0.6 is 0 Å². The Kier molecular flexibility index (Phi) is 10.2. The molecule has 9 heteroatoms. The number of benzene rings is 2. The van der Waals surface area contributed by atoms with E-state index in [2.05, 4.69) is 15.3 Å². The van der Waals surface area contributed by atoms with E-state index in [1.807, 2.05) is 30.3 Å². The summed E-state index contributed by atoms with van der Waals surface area (Å²) in [5, 5.41) is 6.26. The van der Waals surface area contributed by atoms with Gasteiger partial charge in [0, 0.05) is 11.3 Å². The molecule has 182 valence electrons. The molecule has 1 N–H and O–H groups in total. The number of nitrogens with one attached hydrogen (secondary N) is 1. The smallest absolute Gasteiger partial charge is 0.313 e. The third kappa shape index (κ3) is 9.03. The highest BCUT2D eigenvalue weighted by Gasteiger charge is 2.27. The number of nitrogens with zero attached hydrogens (tertiary/aromatic N) is 3. The Hall–Kier alpha value is -3.71. The lowest BCUT2D eigenvalue weighted by atomic mass is 9.97. The summed E-state index contributed by atoms with van der Waals surface area (Å²) in [6, 6.07) is 15.0. The first kappa shape index (κ1) is 26.5. The van der Waals surface area contributed by atoms with Crippen molar-refractivity contribution < 1.29 is 23.8 Å². The minimum atomic E-state index is -0.746. The number of carbonyl (C=O) groups is 2. The Morgan fingerprint density at radius 1 is 1.09 bits per heavy atom. The number of carbonyl (C=O) groups excluding carboxylic acids is 2. The first-order chi connectivity index (χ1) is 16.2. The molecule has 34 heavy (non-hydrogen) atoms. The van der Waals surface area contributed by atoms with Gasteiger partial charge in [-0.15, -0.1) is 0 Å². The molecular formula is C25H32N4O5. The maximum Gasteiger partial charge on any atom is 0.313 e. The molecule has 1 atom stereocenters. The molecule has 1 unspecified atom stereocenters. The van der Waals surface area contributed by atoms with Crippen LogP contribution in [0.1, 0.15) is 38.3 Å². The maximum atomic E-state index is 12.8. The van der Waals surface area contributed by atoms with Crippen LogP contribution in [0.15, 0.2) is 53.6 Å². The lowest BCUT2D eigenvalue weighted by molar-refractivity contribution is -0.161. The minimum absolute atomic E-state index is 0.0737. The predicted molar refractivity (Wildman–Crippen MR) is 128 cm³/mol. The molecule has 0 heterocycles. The molecule has 0 aromatic heterocycles. The van der Waals surface area contributed by atoms with E-state index < -0.39 is 11.6 Å². The van der Waals surface area contributed by atoms with Crippen LogP contribution in [-0.2, 0) is 27.2 Å². The molecule has 0 aliphatic carbocycles. The van der Waals surface area contributed by atoms with Crippen LogP contribution in [0.4, 0.5) is 0 Å². The van der Waals surface area contributed by atoms with E-state index in [1.54, 1.807) is 39.0 Å². The van der Waals surface area contributed by atoms with Crippen molar-refractivity contribution in [1.82, 2.24) is 5.32 Å². The van der Waals surface area contributed by atoms with Gasteiger partial charge in [0.1, 0.15) is 0 Å². The zero-order valence-corrected chi connectivity index (χ0v) is 20.1. The molecular weight excluding hydrogens is 436 g/mol. The molecule has 2 rings (SSSR count). The van der Waals surface area contributed by atoms with Crippen molar-refractivity contribution in [3.63, 3.8) is 0 Å². The van der Waals surface area contributed by atoms with Gasteiger partial charge < -0.3 is 19.5 Å². The van der Waals surface area contributed by atoms with Crippen molar-refractivity contribution in [2.75, 3.05) is 20.3 Å². The zero-order valence-electron chi connectivity index (χ0n) is 20.1. The molecule has 0 radical (unpaired) electrons. The summed E-state index contributed by atoms with van der Waals surface area (Å²) in [7, 11) is 1.50. The molecule has 2 aromatic carbocycles. The maximum absolute atomic E-state index is 12.8. The molecule has 2 aromatic rings. The normalized spacial score (nSPS) is 11.6. The van der Waals surface area contributed by atoms with Gasteiger partial charge in [-0.1, -0.05) is 41.5 Å². The van der Waals surface area contributed by atoms with E-state index in [0.717, 1.165) is 5.56 Å². The second kappa shape index (κ2) is 13.1. The van der Waals surface area contributed by atoms with Crippen LogP contribution in [0, 0.1) is 5.41 Å². The molecule has 0 saturated carbocycles. The van der Waals surface area contributed by atoms with Gasteiger partial charge in [0.25, 0.3) is 0 Å². The van der Waals surface area contributed by atoms with Gasteiger partial charge in [-0.3, -0.25) is 9.59 Å². The summed E-state index contributed by atoms with van der Waals surface area (Å²) in [4.78, 5) is 27.9. The number of amides is 1. The molecule has 0 spiro atoms. The van der Waals surface area contributed by atoms with E-state index in [-0.39, 0.29) is 31.4 Å². The molecule has 0 aliphatic heterocycles. The van der Waals surface area contributed by atoms with Gasteiger partial charge in [0.2, 0.25) is 5.91 Å². The Balaban J connectivity index is 2.03. The molecule has 1 amide bonds. The fraction of sp³-hybridized carbons (Fsp3) is 0.440. The van der Waals surface area contributed by atoms with E-state index in [0.29, 0.717) is 29.9 Å². The van der Waals surface area contributed by atoms with Crippen LogP contribution < -0.4 is 14.8 Å². The van der Waals surface area contributed by atoms with E-state index in [4.69, 9.17) is 19.7 Å². The molecule has 0 saturated heterocycles. The lowest BCUT2D eigenvalue weighted by Crippen LogP contribution is -2.41. The summed E-state index contributed by atoms with van der Waals surface area (Å²) in [5.41, 5.74) is 9.46. The monoisotopic (exact) mass is 468 g/mol. The molecule has 0 bridgehead atoms. The second-order valence-corrected chi connectivity index (χ2v) is 8.70. The second-order valence-electron chi connectivity index (χ2n) is 8.70. The third-order valence-corrected chi connectivity index (χ3v) is 4.83. The summed E-state index contributed by atoms with van der Waals surface area (Å²) in [6.45, 7) is 5.72. The topological polar surface area (TPSA) is 123 Å². The van der Waals surface area contributed by atoms with Crippen LogP contribution in [0.3, 0.4) is 0 Å². The Bertz CT molecular complexity index is 998. The fourth-order valence-corrected chi connectivity index (χ4v) is 3.01. The van der Waals surface area contributed by atoms with Gasteiger partial charge >= 0.3 is 5.97 Å². The third-order valence-electron chi connectivity index (χ3n) is 4.83. The standard InChI is InChI=1S/C25H32N4O5/c1-25(2,3)24(31)34-23(13-11-18-8-6-5-7-9-18)28-22(30)17-19-10-12-20(21(16-19)32-4)33-15-14-27-29-26/h5-10,12,16,23H,11,13-15,17H2,1-4H3,(H,28,30). The number of ether oxygens (including phenoxy) is 3. The average molecular weight is 469 g/mol. The van der Waals surface area contributed by atoms with E-state index in [9.17, 15) is 9.59 Å². The average Bonchev–Trinajstić information content (AvgIpc) is 2.80. The van der Waals surface area contributed by atoms with Crippen molar-refractivity contribution in [2.24, 2.45) is 10.5 Å². The van der Waals surface area contributed by atoms with Crippen LogP contribution in [-0.4, -0.2) is 38.4 Å². The van der Waals surface area contributed by atoms with Crippen molar-refractivity contribution in [3.05, 3.63) is 70.1 Å². The van der Waals surface area contributed by atoms with Gasteiger partial charge in [0.05, 0.1) is 32.1 Å². The predicted octanol–water partition coefficient (Wildman–Crippen LogP) is 4.59. The van der Waals surface area contributed by atoms with Gasteiger partial charge in [-0.2, -0.15) is 0 Å². The van der Waals surface area contributed by atoms with E-state index >= 15 is 0 Å². The first-order valence-corrected chi connectivity index (χ1v) is 11.1. The number of aryl methyl sites for hydroxylation is 1. The highest BCUT2D eigenvalue weighted by molar-refractivity contribution is 5.80. The van der Waals surface area contributed by atoms with Crippen molar-refractivity contribution in [1.29, 1.82) is 0 Å². The molecule has 9 nitrogen and oxygen atoms in total. The largest absolute Gasteiger partial charge is 0.493 e. The SMILES string of the molecule is COc1cc(CC(=O)NC(CCc2ccccc2)OC(=O)C(C)(C)C)ccc1OCCN=[N+]=[N-]. The summed E-state index contributed by atoms with van der Waals surface area (Å²) in [5.74, 6) is 0.291. The van der Waals surface area contributed by atoms with Gasteiger partial charge in [0.15, 0.2) is 17.7 Å². The Morgan fingerprint density at radius 2 is 1.82 bits per heavy atom. The number of azide groups is 1. The summed E-state index contributed by atoms with van der Waals surface area (Å²) in [6.07, 6.45) is 0.437. The number of hydrogen-bond acceptors (Lipinski definition) is 6. The number of hydrogen-bond donors (Lipinski definition) is 1. The number of methoxy groups -OCH3 is 1. The zero-order chi connectivity index (χ0) is 25.0. The van der Waals surface area contributed by atoms with Gasteiger partial charge in [-0.05, 0) is 56.0 Å². The van der Waals surface area contributed by atoms with Crippen molar-refractivity contribution >= 4 is 11.9 Å². The molecule has 0 fully saturated rings. The Labute approximate surface area is 200 Å². The van der Waals surface area contributed by atoms with Gasteiger partial charge in [-0.25, -0.2) is 0 Å². The number of esters is 1. The van der Waals surface area contributed by atoms with E-state index in [1.165, 1.54) is 7.11 Å². The molecule has 0 aliphatic rings. The fourth-order valence-electron chi connectivity index (χ4n) is 3.01. The first-order valence-electron chi connectivity index (χ1n) is 11.1. The highest BCUT2D eigenvalue weighted by Crippen LogP contribution is 2.28. The minimum Gasteiger partial charge on any atom is -0.493 e. The van der Waals surface area contributed by atoms with Crippen LogP contribution in [0.25, 0.3) is 10.4 Å². The lowest BCUT2D eigenvalue weighted by Gasteiger charge is -2.24. The quantitative estimate of drug-likeness (QED) is 0.122. The van der Waals surface area contributed by atoms with Crippen LogP contribution in [0.2, 0.25) is 0 Å². The van der Waals surface area contributed by atoms with Crippen molar-refractivity contribution in [2.45, 2.75) is 46.3 Å². The summed E-state index contributed by atoms with van der Waals surface area (Å²) < 4.78 is 16.5. The summed E-state index contributed by atoms with van der Waals surface area (Å²) >= 11 is 0.